The molecule has 2 rings (SSSR count). The zero-order valence-corrected chi connectivity index (χ0v) is 8.75. The first-order valence-electron chi connectivity index (χ1n) is 5.55. The van der Waals surface area contributed by atoms with Gasteiger partial charge in [-0.25, -0.2) is 0 Å². The number of ketones is 1. The van der Waals surface area contributed by atoms with Crippen molar-refractivity contribution in [1.82, 2.24) is 0 Å². The maximum Gasteiger partial charge on any atom is 0.155 e. The number of hydrogen-bond acceptors (Lipinski definition) is 2. The van der Waals surface area contributed by atoms with Gasteiger partial charge in [-0.15, -0.1) is 0 Å². The Morgan fingerprint density at radius 1 is 1.43 bits per heavy atom. The summed E-state index contributed by atoms with van der Waals surface area (Å²) in [6.07, 6.45) is 7.08. The van der Waals surface area contributed by atoms with Crippen LogP contribution in [0.15, 0.2) is 11.6 Å². The summed E-state index contributed by atoms with van der Waals surface area (Å²) < 4.78 is 0. The molecule has 0 aromatic heterocycles. The Kier molecular flexibility index (Phi) is 2.48. The summed E-state index contributed by atoms with van der Waals surface area (Å²) in [5.41, 5.74) is 1.09. The van der Waals surface area contributed by atoms with Gasteiger partial charge in [0, 0.05) is 11.8 Å². The fraction of sp³-hybridized carbons (Fsp3) is 0.750. The van der Waals surface area contributed by atoms with E-state index in [4.69, 9.17) is 0 Å². The number of carbonyl (C=O) groups excluding carboxylic acids is 1. The summed E-state index contributed by atoms with van der Waals surface area (Å²) in [5.74, 6) is 0.242. The first-order valence-corrected chi connectivity index (χ1v) is 5.55. The van der Waals surface area contributed by atoms with Crippen LogP contribution in [-0.2, 0) is 4.79 Å². The predicted octanol–water partition coefficient (Wildman–Crippen LogP) is 2.22. The van der Waals surface area contributed by atoms with Gasteiger partial charge in [0.25, 0.3) is 0 Å². The summed E-state index contributed by atoms with van der Waals surface area (Å²) in [6, 6.07) is 0. The smallest absolute Gasteiger partial charge is 0.155 e. The first-order chi connectivity index (χ1) is 6.63. The van der Waals surface area contributed by atoms with Gasteiger partial charge in [-0.1, -0.05) is 18.9 Å². The van der Waals surface area contributed by atoms with E-state index in [0.717, 1.165) is 32.1 Å². The van der Waals surface area contributed by atoms with E-state index in [1.807, 2.05) is 0 Å². The van der Waals surface area contributed by atoms with Gasteiger partial charge in [0.05, 0.1) is 6.10 Å². The van der Waals surface area contributed by atoms with Crippen molar-refractivity contribution >= 4 is 5.78 Å². The number of rotatable bonds is 0. The highest BCUT2D eigenvalue weighted by molar-refractivity contribution is 5.91. The molecule has 0 aromatic carbocycles. The average molecular weight is 194 g/mol. The molecule has 2 atom stereocenters. The number of fused-ring (bicyclic) bond motifs is 1. The number of aliphatic hydroxyl groups is 1. The molecule has 0 bridgehead atoms. The van der Waals surface area contributed by atoms with E-state index in [1.165, 1.54) is 5.57 Å². The van der Waals surface area contributed by atoms with E-state index < -0.39 is 0 Å². The Labute approximate surface area is 85.0 Å². The van der Waals surface area contributed by atoms with E-state index in [0.29, 0.717) is 6.42 Å². The molecule has 0 aromatic rings. The SMILES string of the molecule is C[C@]12CCC(=O)C=C1CCCC[C@H]2O. The van der Waals surface area contributed by atoms with Crippen molar-refractivity contribution in [3.05, 3.63) is 11.6 Å². The summed E-state index contributed by atoms with van der Waals surface area (Å²) in [7, 11) is 0. The molecule has 0 spiro atoms. The standard InChI is InChI=1S/C12H18O2/c1-12-7-6-10(13)8-9(12)4-2-3-5-11(12)14/h8,11,14H,2-7H2,1H3/t11-,12+/m1/s1. The summed E-state index contributed by atoms with van der Waals surface area (Å²) in [6.45, 7) is 2.11. The summed E-state index contributed by atoms with van der Waals surface area (Å²) in [5, 5.41) is 10.1. The van der Waals surface area contributed by atoms with Crippen LogP contribution in [0.1, 0.15) is 45.4 Å². The lowest BCUT2D eigenvalue weighted by molar-refractivity contribution is -0.116. The topological polar surface area (TPSA) is 37.3 Å². The van der Waals surface area contributed by atoms with Crippen LogP contribution in [0.5, 0.6) is 0 Å². The minimum absolute atomic E-state index is 0.107. The molecule has 1 saturated carbocycles. The fourth-order valence-corrected chi connectivity index (χ4v) is 2.68. The molecule has 2 aliphatic rings. The van der Waals surface area contributed by atoms with Crippen molar-refractivity contribution in [2.24, 2.45) is 5.41 Å². The van der Waals surface area contributed by atoms with Crippen molar-refractivity contribution in [2.75, 3.05) is 0 Å². The van der Waals surface area contributed by atoms with Crippen molar-refractivity contribution in [1.29, 1.82) is 0 Å². The highest BCUT2D eigenvalue weighted by Gasteiger charge is 2.40. The van der Waals surface area contributed by atoms with Crippen molar-refractivity contribution < 1.29 is 9.90 Å². The quantitative estimate of drug-likeness (QED) is 0.642. The monoisotopic (exact) mass is 194 g/mol. The number of aliphatic hydroxyl groups excluding tert-OH is 1. The van der Waals surface area contributed by atoms with Crippen LogP contribution in [0, 0.1) is 5.41 Å². The molecule has 2 aliphatic carbocycles. The molecule has 1 fully saturated rings. The van der Waals surface area contributed by atoms with Gasteiger partial charge >= 0.3 is 0 Å². The zero-order valence-electron chi connectivity index (χ0n) is 8.75. The molecule has 1 N–H and O–H groups in total. The Balaban J connectivity index is 2.34. The van der Waals surface area contributed by atoms with Crippen molar-refractivity contribution in [3.63, 3.8) is 0 Å². The lowest BCUT2D eigenvalue weighted by Crippen LogP contribution is -2.36. The third-order valence-corrected chi connectivity index (χ3v) is 3.87. The van der Waals surface area contributed by atoms with Crippen molar-refractivity contribution in [3.8, 4) is 0 Å². The highest BCUT2D eigenvalue weighted by atomic mass is 16.3. The Morgan fingerprint density at radius 3 is 3.00 bits per heavy atom. The third kappa shape index (κ3) is 1.52. The second-order valence-electron chi connectivity index (χ2n) is 4.81. The van der Waals surface area contributed by atoms with E-state index in [-0.39, 0.29) is 17.3 Å². The zero-order chi connectivity index (χ0) is 10.2. The predicted molar refractivity (Wildman–Crippen MR) is 54.9 cm³/mol. The summed E-state index contributed by atoms with van der Waals surface area (Å²) in [4.78, 5) is 11.3. The second-order valence-corrected chi connectivity index (χ2v) is 4.81. The van der Waals surface area contributed by atoms with Gasteiger partial charge < -0.3 is 5.11 Å². The van der Waals surface area contributed by atoms with Crippen LogP contribution in [0.2, 0.25) is 0 Å². The van der Waals surface area contributed by atoms with Gasteiger partial charge in [-0.2, -0.15) is 0 Å². The second kappa shape index (κ2) is 3.50. The first kappa shape index (κ1) is 9.91. The average Bonchev–Trinajstić information content (AvgIpc) is 2.29. The van der Waals surface area contributed by atoms with E-state index in [9.17, 15) is 9.90 Å². The normalized spacial score (nSPS) is 38.6. The number of carbonyl (C=O) groups is 1. The molecule has 0 saturated heterocycles. The summed E-state index contributed by atoms with van der Waals surface area (Å²) >= 11 is 0. The molecule has 0 aliphatic heterocycles. The van der Waals surface area contributed by atoms with Crippen LogP contribution in [0.25, 0.3) is 0 Å². The van der Waals surface area contributed by atoms with Crippen molar-refractivity contribution in [2.45, 2.75) is 51.6 Å². The molecular formula is C12H18O2. The molecule has 0 heterocycles. The molecule has 78 valence electrons. The molecule has 0 radical (unpaired) electrons. The number of hydrogen-bond donors (Lipinski definition) is 1. The van der Waals surface area contributed by atoms with Gasteiger partial charge in [-0.05, 0) is 31.8 Å². The van der Waals surface area contributed by atoms with Gasteiger partial charge in [-0.3, -0.25) is 4.79 Å². The molecular weight excluding hydrogens is 176 g/mol. The highest BCUT2D eigenvalue weighted by Crippen LogP contribution is 2.45. The molecule has 14 heavy (non-hydrogen) atoms. The largest absolute Gasteiger partial charge is 0.392 e. The van der Waals surface area contributed by atoms with Crippen LogP contribution < -0.4 is 0 Å². The molecule has 0 unspecified atom stereocenters. The van der Waals surface area contributed by atoms with Gasteiger partial charge in [0.15, 0.2) is 5.78 Å². The Bertz CT molecular complexity index is 280. The van der Waals surface area contributed by atoms with E-state index in [1.54, 1.807) is 6.08 Å². The van der Waals surface area contributed by atoms with Crippen LogP contribution in [-0.4, -0.2) is 17.0 Å². The maximum absolute atomic E-state index is 11.3. The van der Waals surface area contributed by atoms with Crippen LogP contribution in [0.3, 0.4) is 0 Å². The molecule has 2 nitrogen and oxygen atoms in total. The maximum atomic E-state index is 11.3. The van der Waals surface area contributed by atoms with Crippen LogP contribution >= 0.6 is 0 Å². The van der Waals surface area contributed by atoms with Crippen LogP contribution in [0.4, 0.5) is 0 Å². The molecule has 0 amide bonds. The minimum atomic E-state index is -0.246. The fourth-order valence-electron chi connectivity index (χ4n) is 2.68. The van der Waals surface area contributed by atoms with E-state index in [2.05, 4.69) is 6.92 Å². The Hall–Kier alpha value is -0.630. The lowest BCUT2D eigenvalue weighted by atomic mass is 9.69. The number of allylic oxidation sites excluding steroid dienone is 1. The Morgan fingerprint density at radius 2 is 2.21 bits per heavy atom. The lowest BCUT2D eigenvalue weighted by Gasteiger charge is -2.37. The third-order valence-electron chi connectivity index (χ3n) is 3.87. The van der Waals surface area contributed by atoms with Gasteiger partial charge in [0.2, 0.25) is 0 Å². The van der Waals surface area contributed by atoms with Gasteiger partial charge in [0.1, 0.15) is 0 Å². The van der Waals surface area contributed by atoms with E-state index >= 15 is 0 Å². The molecule has 2 heteroatoms. The minimum Gasteiger partial charge on any atom is -0.392 e.